The summed E-state index contributed by atoms with van der Waals surface area (Å²) in [5, 5.41) is 0.669. The third-order valence-electron chi connectivity index (χ3n) is 5.75. The Morgan fingerprint density at radius 2 is 1.63 bits per heavy atom. The van der Waals surface area contributed by atoms with Crippen LogP contribution in [0.3, 0.4) is 0 Å². The molecule has 0 aliphatic heterocycles. The molecule has 0 bridgehead atoms. The highest BCUT2D eigenvalue weighted by molar-refractivity contribution is 5.89. The normalized spacial score (nSPS) is 11.2. The first-order valence-corrected chi connectivity index (χ1v) is 10.5. The third-order valence-corrected chi connectivity index (χ3v) is 5.75. The Hall–Kier alpha value is -3.07. The second-order valence-electron chi connectivity index (χ2n) is 8.02. The molecule has 0 aliphatic carbocycles. The zero-order valence-corrected chi connectivity index (χ0v) is 18.1. The molecular formula is C27H28FNO. The number of benzene rings is 3. The lowest BCUT2D eigenvalue weighted by Gasteiger charge is -2.14. The second-order valence-corrected chi connectivity index (χ2v) is 8.02. The van der Waals surface area contributed by atoms with Crippen molar-refractivity contribution in [1.82, 2.24) is 4.57 Å². The van der Waals surface area contributed by atoms with Crippen molar-refractivity contribution in [2.45, 2.75) is 40.2 Å². The van der Waals surface area contributed by atoms with Crippen LogP contribution in [0.5, 0.6) is 5.75 Å². The number of hydrogen-bond acceptors (Lipinski definition) is 1. The summed E-state index contributed by atoms with van der Waals surface area (Å²) in [7, 11) is 1.65. The number of aromatic nitrogens is 1. The minimum atomic E-state index is -0.162. The molecule has 0 spiro atoms. The van der Waals surface area contributed by atoms with E-state index in [9.17, 15) is 0 Å². The second kappa shape index (κ2) is 8.35. The van der Waals surface area contributed by atoms with Crippen LogP contribution in [0.4, 0.5) is 4.39 Å². The van der Waals surface area contributed by atoms with Crippen LogP contribution in [0, 0.1) is 19.7 Å². The molecule has 0 N–H and O–H groups in total. The van der Waals surface area contributed by atoms with Crippen LogP contribution in [0.1, 0.15) is 35.6 Å². The van der Waals surface area contributed by atoms with Crippen molar-refractivity contribution < 1.29 is 9.13 Å². The molecule has 3 aromatic carbocycles. The fourth-order valence-electron chi connectivity index (χ4n) is 4.17. The fraction of sp³-hybridized carbons (Fsp3) is 0.259. The Morgan fingerprint density at radius 1 is 0.900 bits per heavy atom. The summed E-state index contributed by atoms with van der Waals surface area (Å²) < 4.78 is 23.2. The van der Waals surface area contributed by atoms with E-state index in [0.29, 0.717) is 17.6 Å². The summed E-state index contributed by atoms with van der Waals surface area (Å²) in [6.45, 7) is 6.82. The predicted octanol–water partition coefficient (Wildman–Crippen LogP) is 7.07. The van der Waals surface area contributed by atoms with E-state index in [1.54, 1.807) is 7.11 Å². The van der Waals surface area contributed by atoms with Crippen molar-refractivity contribution in [2.24, 2.45) is 0 Å². The molecule has 0 saturated heterocycles. The van der Waals surface area contributed by atoms with Crippen molar-refractivity contribution in [2.75, 3.05) is 7.11 Å². The highest BCUT2D eigenvalue weighted by atomic mass is 19.1. The Bertz CT molecular complexity index is 1190. The SMILES string of the molecule is CCCc1ccc(Cn2c(-c3ccc(OC)cc3C)c(F)c3cc(C)ccc32)cc1. The lowest BCUT2D eigenvalue weighted by atomic mass is 10.0. The van der Waals surface area contributed by atoms with Crippen LogP contribution in [0.2, 0.25) is 0 Å². The fourth-order valence-corrected chi connectivity index (χ4v) is 4.17. The smallest absolute Gasteiger partial charge is 0.156 e. The first-order valence-electron chi connectivity index (χ1n) is 10.5. The van der Waals surface area contributed by atoms with Crippen LogP contribution in [0.15, 0.2) is 60.7 Å². The Morgan fingerprint density at radius 3 is 2.30 bits per heavy atom. The van der Waals surface area contributed by atoms with Crippen LogP contribution < -0.4 is 4.74 Å². The van der Waals surface area contributed by atoms with E-state index < -0.39 is 0 Å². The minimum absolute atomic E-state index is 0.162. The average Bonchev–Trinajstić information content (AvgIpc) is 3.00. The molecule has 1 aromatic heterocycles. The van der Waals surface area contributed by atoms with Crippen molar-refractivity contribution >= 4 is 10.9 Å². The molecule has 0 atom stereocenters. The molecule has 1 heterocycles. The maximum Gasteiger partial charge on any atom is 0.156 e. The molecule has 0 radical (unpaired) electrons. The van der Waals surface area contributed by atoms with Crippen LogP contribution in [-0.4, -0.2) is 11.7 Å². The van der Waals surface area contributed by atoms with E-state index in [2.05, 4.69) is 35.8 Å². The summed E-state index contributed by atoms with van der Waals surface area (Å²) in [4.78, 5) is 0. The number of fused-ring (bicyclic) bond motifs is 1. The lowest BCUT2D eigenvalue weighted by Crippen LogP contribution is -2.03. The van der Waals surface area contributed by atoms with Crippen LogP contribution >= 0.6 is 0 Å². The topological polar surface area (TPSA) is 14.2 Å². The van der Waals surface area contributed by atoms with Gasteiger partial charge in [0.1, 0.15) is 5.75 Å². The molecule has 3 heteroatoms. The Balaban J connectivity index is 1.88. The van der Waals surface area contributed by atoms with Crippen molar-refractivity contribution in [3.63, 3.8) is 0 Å². The molecular weight excluding hydrogens is 373 g/mol. The molecule has 154 valence electrons. The van der Waals surface area contributed by atoms with Crippen molar-refractivity contribution in [3.05, 3.63) is 88.7 Å². The molecule has 2 nitrogen and oxygen atoms in total. The number of aryl methyl sites for hydroxylation is 3. The van der Waals surface area contributed by atoms with Gasteiger partial charge in [0, 0.05) is 17.5 Å². The molecule has 0 unspecified atom stereocenters. The molecule has 30 heavy (non-hydrogen) atoms. The molecule has 0 amide bonds. The van der Waals surface area contributed by atoms with Gasteiger partial charge in [-0.25, -0.2) is 4.39 Å². The van der Waals surface area contributed by atoms with E-state index in [4.69, 9.17) is 4.74 Å². The number of hydrogen-bond donors (Lipinski definition) is 0. The zero-order chi connectivity index (χ0) is 21.3. The average molecular weight is 402 g/mol. The van der Waals surface area contributed by atoms with Crippen molar-refractivity contribution in [3.8, 4) is 17.0 Å². The first-order chi connectivity index (χ1) is 14.5. The van der Waals surface area contributed by atoms with E-state index in [0.717, 1.165) is 40.8 Å². The van der Waals surface area contributed by atoms with E-state index in [1.807, 2.05) is 50.2 Å². The maximum atomic E-state index is 15.7. The molecule has 0 aliphatic rings. The number of ether oxygens (including phenoxy) is 1. The van der Waals surface area contributed by atoms with Crippen LogP contribution in [-0.2, 0) is 13.0 Å². The molecule has 0 saturated carbocycles. The summed E-state index contributed by atoms with van der Waals surface area (Å²) in [6.07, 6.45) is 2.21. The van der Waals surface area contributed by atoms with Crippen LogP contribution in [0.25, 0.3) is 22.2 Å². The number of methoxy groups -OCH3 is 1. The highest BCUT2D eigenvalue weighted by Crippen LogP contribution is 2.36. The van der Waals surface area contributed by atoms with E-state index >= 15 is 4.39 Å². The van der Waals surface area contributed by atoms with Gasteiger partial charge < -0.3 is 9.30 Å². The van der Waals surface area contributed by atoms with E-state index in [-0.39, 0.29) is 5.82 Å². The van der Waals surface area contributed by atoms with Gasteiger partial charge in [0.25, 0.3) is 0 Å². The van der Waals surface area contributed by atoms with Gasteiger partial charge in [0.05, 0.1) is 18.3 Å². The summed E-state index contributed by atoms with van der Waals surface area (Å²) in [6, 6.07) is 20.5. The van der Waals surface area contributed by atoms with Gasteiger partial charge in [0.15, 0.2) is 5.82 Å². The minimum Gasteiger partial charge on any atom is -0.497 e. The predicted molar refractivity (Wildman–Crippen MR) is 123 cm³/mol. The maximum absolute atomic E-state index is 15.7. The van der Waals surface area contributed by atoms with Gasteiger partial charge in [-0.05, 0) is 67.3 Å². The van der Waals surface area contributed by atoms with E-state index in [1.165, 1.54) is 11.1 Å². The highest BCUT2D eigenvalue weighted by Gasteiger charge is 2.20. The zero-order valence-electron chi connectivity index (χ0n) is 18.1. The quantitative estimate of drug-likeness (QED) is 0.337. The van der Waals surface area contributed by atoms with Crippen molar-refractivity contribution in [1.29, 1.82) is 0 Å². The summed E-state index contributed by atoms with van der Waals surface area (Å²) in [5.41, 5.74) is 7.00. The van der Waals surface area contributed by atoms with Gasteiger partial charge in [-0.15, -0.1) is 0 Å². The standard InChI is InChI=1S/C27H28FNO/c1-5-6-20-8-10-21(11-9-20)17-29-25-14-7-18(2)15-24(25)26(28)27(29)23-13-12-22(30-4)16-19(23)3/h7-16H,5-6,17H2,1-4H3. The Kier molecular flexibility index (Phi) is 5.63. The third kappa shape index (κ3) is 3.72. The largest absolute Gasteiger partial charge is 0.497 e. The Labute approximate surface area is 177 Å². The lowest BCUT2D eigenvalue weighted by molar-refractivity contribution is 0.414. The summed E-state index contributed by atoms with van der Waals surface area (Å²) >= 11 is 0. The number of nitrogens with zero attached hydrogens (tertiary/aromatic N) is 1. The number of rotatable bonds is 6. The van der Waals surface area contributed by atoms with Gasteiger partial charge in [-0.1, -0.05) is 49.2 Å². The molecule has 4 rings (SSSR count). The van der Waals surface area contributed by atoms with Gasteiger partial charge in [-0.3, -0.25) is 0 Å². The molecule has 0 fully saturated rings. The van der Waals surface area contributed by atoms with Gasteiger partial charge in [0.2, 0.25) is 0 Å². The van der Waals surface area contributed by atoms with Gasteiger partial charge in [-0.2, -0.15) is 0 Å². The number of halogens is 1. The summed E-state index contributed by atoms with van der Waals surface area (Å²) in [5.74, 6) is 0.617. The van der Waals surface area contributed by atoms with Gasteiger partial charge >= 0.3 is 0 Å². The molecule has 4 aromatic rings. The monoisotopic (exact) mass is 401 g/mol. The first kappa shape index (κ1) is 20.2.